The van der Waals surface area contributed by atoms with E-state index >= 15 is 0 Å². The van der Waals surface area contributed by atoms with E-state index in [4.69, 9.17) is 0 Å². The zero-order valence-corrected chi connectivity index (χ0v) is 13.3. The number of nitrogens with one attached hydrogen (secondary N) is 2. The van der Waals surface area contributed by atoms with Crippen molar-refractivity contribution in [2.45, 2.75) is 13.8 Å². The lowest BCUT2D eigenvalue weighted by Crippen LogP contribution is -2.21. The van der Waals surface area contributed by atoms with Crippen molar-refractivity contribution in [3.05, 3.63) is 54.4 Å². The average molecular weight is 308 g/mol. The van der Waals surface area contributed by atoms with Gasteiger partial charge >= 0.3 is 0 Å². The lowest BCUT2D eigenvalue weighted by atomic mass is 10.2. The van der Waals surface area contributed by atoms with Crippen LogP contribution in [0.2, 0.25) is 0 Å². The van der Waals surface area contributed by atoms with E-state index in [0.29, 0.717) is 5.69 Å². The molecule has 2 heterocycles. The Labute approximate surface area is 135 Å². The first-order valence-corrected chi connectivity index (χ1v) is 7.81. The second kappa shape index (κ2) is 6.52. The molecule has 0 atom stereocenters. The third kappa shape index (κ3) is 3.18. The molecule has 0 saturated heterocycles. The molecule has 0 radical (unpaired) electrons. The molecule has 5 nitrogen and oxygen atoms in total. The summed E-state index contributed by atoms with van der Waals surface area (Å²) in [6.45, 7) is 6.18. The molecule has 3 rings (SSSR count). The quantitative estimate of drug-likeness (QED) is 0.756. The van der Waals surface area contributed by atoms with E-state index in [1.165, 1.54) is 0 Å². The number of hydrogen-bond acceptors (Lipinski definition) is 3. The fraction of sp³-hybridized carbons (Fsp3) is 0.222. The fourth-order valence-corrected chi connectivity index (χ4v) is 2.62. The van der Waals surface area contributed by atoms with Gasteiger partial charge < -0.3 is 15.2 Å². The number of nitrogens with zero attached hydrogens (tertiary/aromatic N) is 2. The Morgan fingerprint density at radius 1 is 1.17 bits per heavy atom. The predicted molar refractivity (Wildman–Crippen MR) is 94.0 cm³/mol. The van der Waals surface area contributed by atoms with Crippen LogP contribution in [0, 0.1) is 0 Å². The van der Waals surface area contributed by atoms with E-state index in [1.54, 1.807) is 12.3 Å². The Hall–Kier alpha value is -2.82. The third-order valence-corrected chi connectivity index (χ3v) is 3.89. The largest absolute Gasteiger partial charge is 0.372 e. The highest BCUT2D eigenvalue weighted by Crippen LogP contribution is 2.19. The SMILES string of the molecule is CCN(CC)c1ccc(NC(=O)c2cc3ncccc3[nH]2)cc1. The van der Waals surface area contributed by atoms with E-state index in [9.17, 15) is 4.79 Å². The summed E-state index contributed by atoms with van der Waals surface area (Å²) in [5.41, 5.74) is 4.08. The van der Waals surface area contributed by atoms with E-state index in [0.717, 1.165) is 35.5 Å². The molecule has 0 saturated carbocycles. The van der Waals surface area contributed by atoms with Gasteiger partial charge in [-0.15, -0.1) is 0 Å². The van der Waals surface area contributed by atoms with Crippen molar-refractivity contribution >= 4 is 28.3 Å². The van der Waals surface area contributed by atoms with E-state index < -0.39 is 0 Å². The summed E-state index contributed by atoms with van der Waals surface area (Å²) in [6, 6.07) is 13.4. The van der Waals surface area contributed by atoms with Crippen LogP contribution in [0.1, 0.15) is 24.3 Å². The molecule has 5 heteroatoms. The van der Waals surface area contributed by atoms with Gasteiger partial charge in [0.2, 0.25) is 0 Å². The number of carbonyl (C=O) groups excluding carboxylic acids is 1. The third-order valence-electron chi connectivity index (χ3n) is 3.89. The van der Waals surface area contributed by atoms with Crippen molar-refractivity contribution in [1.29, 1.82) is 0 Å². The summed E-state index contributed by atoms with van der Waals surface area (Å²) >= 11 is 0. The van der Waals surface area contributed by atoms with Crippen LogP contribution < -0.4 is 10.2 Å². The molecule has 23 heavy (non-hydrogen) atoms. The number of hydrogen-bond donors (Lipinski definition) is 2. The summed E-state index contributed by atoms with van der Waals surface area (Å²) in [6.07, 6.45) is 1.71. The van der Waals surface area contributed by atoms with Crippen molar-refractivity contribution in [2.24, 2.45) is 0 Å². The van der Waals surface area contributed by atoms with Gasteiger partial charge in [0.15, 0.2) is 0 Å². The van der Waals surface area contributed by atoms with Crippen molar-refractivity contribution in [1.82, 2.24) is 9.97 Å². The molecule has 1 aromatic carbocycles. The molecule has 0 aliphatic carbocycles. The topological polar surface area (TPSA) is 61.0 Å². The molecule has 0 unspecified atom stereocenters. The molecule has 2 aromatic heterocycles. The maximum atomic E-state index is 12.3. The first-order valence-electron chi connectivity index (χ1n) is 7.81. The number of H-pyrrole nitrogens is 1. The zero-order valence-electron chi connectivity index (χ0n) is 13.3. The molecule has 1 amide bonds. The second-order valence-electron chi connectivity index (χ2n) is 5.29. The van der Waals surface area contributed by atoms with Gasteiger partial charge in [-0.25, -0.2) is 0 Å². The number of aromatic amines is 1. The predicted octanol–water partition coefficient (Wildman–Crippen LogP) is 3.66. The van der Waals surface area contributed by atoms with E-state index in [-0.39, 0.29) is 5.91 Å². The monoisotopic (exact) mass is 308 g/mol. The molecule has 2 N–H and O–H groups in total. The minimum Gasteiger partial charge on any atom is -0.372 e. The van der Waals surface area contributed by atoms with Gasteiger partial charge in [-0.2, -0.15) is 0 Å². The van der Waals surface area contributed by atoms with Crippen molar-refractivity contribution < 1.29 is 4.79 Å². The van der Waals surface area contributed by atoms with Crippen LogP contribution in [0.25, 0.3) is 11.0 Å². The van der Waals surface area contributed by atoms with Crippen LogP contribution in [0.5, 0.6) is 0 Å². The van der Waals surface area contributed by atoms with Gasteiger partial charge in [0.05, 0.1) is 11.0 Å². The van der Waals surface area contributed by atoms with E-state index in [1.807, 2.05) is 36.4 Å². The number of anilines is 2. The summed E-state index contributed by atoms with van der Waals surface area (Å²) in [7, 11) is 0. The standard InChI is InChI=1S/C18H20N4O/c1-3-22(4-2)14-9-7-13(8-10-14)20-18(23)17-12-16-15(21-17)6-5-11-19-16/h5-12,21H,3-4H2,1-2H3,(H,20,23). The number of benzene rings is 1. The highest BCUT2D eigenvalue weighted by atomic mass is 16.1. The van der Waals surface area contributed by atoms with Crippen LogP contribution in [0.4, 0.5) is 11.4 Å². The minimum atomic E-state index is -0.168. The zero-order chi connectivity index (χ0) is 16.2. The Morgan fingerprint density at radius 2 is 1.91 bits per heavy atom. The van der Waals surface area contributed by atoms with Crippen LogP contribution in [0.3, 0.4) is 0 Å². The Morgan fingerprint density at radius 3 is 2.57 bits per heavy atom. The van der Waals surface area contributed by atoms with Gasteiger partial charge in [0, 0.05) is 30.7 Å². The fourth-order valence-electron chi connectivity index (χ4n) is 2.62. The highest BCUT2D eigenvalue weighted by molar-refractivity contribution is 6.05. The Balaban J connectivity index is 1.74. The van der Waals surface area contributed by atoms with Crippen LogP contribution in [-0.2, 0) is 0 Å². The summed E-state index contributed by atoms with van der Waals surface area (Å²) in [5, 5.41) is 2.90. The molecule has 3 aromatic rings. The van der Waals surface area contributed by atoms with Crippen molar-refractivity contribution in [2.75, 3.05) is 23.3 Å². The Kier molecular flexibility index (Phi) is 4.28. The number of aromatic nitrogens is 2. The number of fused-ring (bicyclic) bond motifs is 1. The number of amides is 1. The summed E-state index contributed by atoms with van der Waals surface area (Å²) in [5.74, 6) is -0.168. The van der Waals surface area contributed by atoms with Crippen molar-refractivity contribution in [3.8, 4) is 0 Å². The van der Waals surface area contributed by atoms with Crippen LogP contribution in [0.15, 0.2) is 48.7 Å². The molecule has 0 fully saturated rings. The molecule has 118 valence electrons. The maximum Gasteiger partial charge on any atom is 0.272 e. The van der Waals surface area contributed by atoms with Crippen LogP contribution >= 0.6 is 0 Å². The number of pyridine rings is 1. The molecule has 0 aliphatic rings. The van der Waals surface area contributed by atoms with Gasteiger partial charge in [-0.05, 0) is 56.3 Å². The maximum absolute atomic E-state index is 12.3. The van der Waals surface area contributed by atoms with Gasteiger partial charge in [0.1, 0.15) is 5.69 Å². The van der Waals surface area contributed by atoms with Gasteiger partial charge in [-0.3, -0.25) is 9.78 Å². The first kappa shape index (κ1) is 15.1. The highest BCUT2D eigenvalue weighted by Gasteiger charge is 2.10. The number of carbonyl (C=O) groups is 1. The van der Waals surface area contributed by atoms with Gasteiger partial charge in [-0.1, -0.05) is 0 Å². The molecule has 0 aliphatic heterocycles. The van der Waals surface area contributed by atoms with Crippen LogP contribution in [-0.4, -0.2) is 29.0 Å². The molecular formula is C18H20N4O. The lowest BCUT2D eigenvalue weighted by Gasteiger charge is -2.21. The van der Waals surface area contributed by atoms with E-state index in [2.05, 4.69) is 34.0 Å². The van der Waals surface area contributed by atoms with Gasteiger partial charge in [0.25, 0.3) is 5.91 Å². The molecule has 0 bridgehead atoms. The normalized spacial score (nSPS) is 10.7. The smallest absolute Gasteiger partial charge is 0.272 e. The Bertz CT molecular complexity index is 770. The molecule has 0 spiro atoms. The lowest BCUT2D eigenvalue weighted by molar-refractivity contribution is 0.102. The minimum absolute atomic E-state index is 0.168. The first-order chi connectivity index (χ1) is 11.2. The van der Waals surface area contributed by atoms with Crippen molar-refractivity contribution in [3.63, 3.8) is 0 Å². The average Bonchev–Trinajstić information content (AvgIpc) is 3.02. The summed E-state index contributed by atoms with van der Waals surface area (Å²) < 4.78 is 0. The molecular weight excluding hydrogens is 288 g/mol. The summed E-state index contributed by atoms with van der Waals surface area (Å²) in [4.78, 5) is 21.9. The second-order valence-corrected chi connectivity index (χ2v) is 5.29. The number of rotatable bonds is 5.